The zero-order valence-electron chi connectivity index (χ0n) is 4.09. The molecule has 1 fully saturated rings. The Balaban J connectivity index is 2.39. The van der Waals surface area contributed by atoms with Crippen molar-refractivity contribution in [3.8, 4) is 0 Å². The van der Waals surface area contributed by atoms with Gasteiger partial charge in [0, 0.05) is 11.5 Å². The second-order valence-corrected chi connectivity index (χ2v) is 2.18. The van der Waals surface area contributed by atoms with Crippen molar-refractivity contribution in [1.82, 2.24) is 0 Å². The topological polar surface area (TPSA) is 46.2 Å². The van der Waals surface area contributed by atoms with Gasteiger partial charge in [-0.15, -0.1) is 0 Å². The van der Waals surface area contributed by atoms with Crippen LogP contribution < -0.4 is 5.73 Å². The van der Waals surface area contributed by atoms with E-state index in [0.29, 0.717) is 0 Å². The molecule has 0 spiro atoms. The second kappa shape index (κ2) is 1.23. The summed E-state index contributed by atoms with van der Waals surface area (Å²) in [4.78, 5) is 0. The fourth-order valence-electron chi connectivity index (χ4n) is 0.440. The van der Waals surface area contributed by atoms with Crippen molar-refractivity contribution in [3.63, 3.8) is 0 Å². The molecule has 1 saturated carbocycles. The van der Waals surface area contributed by atoms with E-state index in [4.69, 9.17) is 18.7 Å². The minimum absolute atomic E-state index is 0.417. The van der Waals surface area contributed by atoms with Gasteiger partial charge in [-0.25, -0.2) is 0 Å². The third-order valence-electron chi connectivity index (χ3n) is 1.42. The Kier molecular flexibility index (Phi) is 0.903. The van der Waals surface area contributed by atoms with E-state index in [1.807, 2.05) is 0 Å². The fraction of sp³-hybridized carbons (Fsp3) is 1.00. The molecule has 1 atom stereocenters. The normalized spacial score (nSPS) is 29.4. The van der Waals surface area contributed by atoms with Gasteiger partial charge in [0.25, 0.3) is 0 Å². The maximum atomic E-state index is 8.60. The average Bonchev–Trinajstić information content (AvgIpc) is 2.21. The summed E-state index contributed by atoms with van der Waals surface area (Å²) in [5.41, 5.74) is 5.00. The van der Waals surface area contributed by atoms with Gasteiger partial charge < -0.3 is 10.8 Å². The van der Waals surface area contributed by atoms with E-state index in [0.717, 1.165) is 12.8 Å². The highest BCUT2D eigenvalue weighted by molar-refractivity contribution is 6.12. The van der Waals surface area contributed by atoms with Crippen LogP contribution in [0.1, 0.15) is 12.8 Å². The molecule has 38 valence electrons. The van der Waals surface area contributed by atoms with Crippen LogP contribution in [0.2, 0.25) is 0 Å². The van der Waals surface area contributed by atoms with Gasteiger partial charge in [-0.1, -0.05) is 0 Å². The Morgan fingerprint density at radius 2 is 2.14 bits per heavy atom. The smallest absolute Gasteiger partial charge is 0.111 e. The van der Waals surface area contributed by atoms with Gasteiger partial charge in [0.1, 0.15) is 7.85 Å². The molecule has 0 aromatic rings. The van der Waals surface area contributed by atoms with Crippen molar-refractivity contribution in [2.45, 2.75) is 24.4 Å². The lowest BCUT2D eigenvalue weighted by Crippen LogP contribution is -2.37. The van der Waals surface area contributed by atoms with Gasteiger partial charge in [0.15, 0.2) is 0 Å². The number of aliphatic hydroxyl groups is 1. The first-order valence-electron chi connectivity index (χ1n) is 2.38. The molecule has 3 heteroatoms. The van der Waals surface area contributed by atoms with E-state index in [9.17, 15) is 0 Å². The Morgan fingerprint density at radius 1 is 1.71 bits per heavy atom. The van der Waals surface area contributed by atoms with Gasteiger partial charge in [-0.2, -0.15) is 0 Å². The number of nitrogens with two attached hydrogens (primary N) is 1. The molecule has 0 aromatic heterocycles. The zero-order chi connectivity index (χ0) is 5.49. The van der Waals surface area contributed by atoms with E-state index in [-0.39, 0.29) is 0 Å². The first kappa shape index (κ1) is 5.13. The quantitative estimate of drug-likeness (QED) is 0.410. The summed E-state index contributed by atoms with van der Waals surface area (Å²) in [6.45, 7) is 0. The first-order chi connectivity index (χ1) is 3.15. The van der Waals surface area contributed by atoms with E-state index < -0.39 is 11.5 Å². The van der Waals surface area contributed by atoms with Crippen LogP contribution in [-0.4, -0.2) is 24.5 Å². The molecular weight excluding hydrogens is 88.9 g/mol. The maximum Gasteiger partial charge on any atom is 0.111 e. The minimum Gasteiger partial charge on any atom is -0.401 e. The van der Waals surface area contributed by atoms with Crippen LogP contribution in [0.25, 0.3) is 0 Å². The van der Waals surface area contributed by atoms with E-state index >= 15 is 0 Å². The molecule has 0 heterocycles. The number of rotatable bonds is 1. The second-order valence-electron chi connectivity index (χ2n) is 2.18. The Hall–Kier alpha value is -0.0151. The molecule has 2 radical (unpaired) electrons. The molecule has 0 aromatic carbocycles. The SMILES string of the molecule is [B]C(O)C1(N)CC1. The zero-order valence-corrected chi connectivity index (χ0v) is 4.09. The van der Waals surface area contributed by atoms with Crippen molar-refractivity contribution >= 4 is 7.85 Å². The average molecular weight is 96.9 g/mol. The summed E-state index contributed by atoms with van der Waals surface area (Å²) in [7, 11) is 5.06. The lowest BCUT2D eigenvalue weighted by molar-refractivity contribution is 0.213. The molecular formula is C4H8BNO. The molecule has 0 saturated heterocycles. The lowest BCUT2D eigenvalue weighted by atomic mass is 9.91. The van der Waals surface area contributed by atoms with Crippen LogP contribution in [0, 0.1) is 0 Å². The first-order valence-corrected chi connectivity index (χ1v) is 2.38. The summed E-state index contributed by atoms with van der Waals surface area (Å²) >= 11 is 0. The molecule has 1 aliphatic carbocycles. The van der Waals surface area contributed by atoms with Crippen molar-refractivity contribution in [1.29, 1.82) is 0 Å². The van der Waals surface area contributed by atoms with Crippen molar-refractivity contribution in [2.24, 2.45) is 5.73 Å². The monoisotopic (exact) mass is 97.1 g/mol. The summed E-state index contributed by atoms with van der Waals surface area (Å²) in [5, 5.41) is 8.60. The minimum atomic E-state index is -0.813. The predicted molar refractivity (Wildman–Crippen MR) is 27.9 cm³/mol. The van der Waals surface area contributed by atoms with Crippen molar-refractivity contribution in [2.75, 3.05) is 0 Å². The van der Waals surface area contributed by atoms with Gasteiger partial charge in [-0.3, -0.25) is 0 Å². The molecule has 1 rings (SSSR count). The fourth-order valence-corrected chi connectivity index (χ4v) is 0.440. The summed E-state index contributed by atoms with van der Waals surface area (Å²) < 4.78 is 0. The number of aliphatic hydroxyl groups excluding tert-OH is 1. The molecule has 0 aliphatic heterocycles. The Labute approximate surface area is 44.1 Å². The highest BCUT2D eigenvalue weighted by atomic mass is 16.3. The number of hydrogen-bond acceptors (Lipinski definition) is 2. The van der Waals surface area contributed by atoms with Crippen LogP contribution in [0.15, 0.2) is 0 Å². The van der Waals surface area contributed by atoms with Crippen LogP contribution in [0.4, 0.5) is 0 Å². The van der Waals surface area contributed by atoms with Crippen molar-refractivity contribution in [3.05, 3.63) is 0 Å². The molecule has 0 amide bonds. The largest absolute Gasteiger partial charge is 0.401 e. The standard InChI is InChI=1S/C4H8BNO/c5-3(7)4(6)1-2-4/h3,7H,1-2,6H2. The maximum absolute atomic E-state index is 8.60. The highest BCUT2D eigenvalue weighted by Crippen LogP contribution is 2.34. The Bertz CT molecular complexity index is 79.8. The molecule has 1 unspecified atom stereocenters. The molecule has 2 nitrogen and oxygen atoms in total. The van der Waals surface area contributed by atoms with Gasteiger partial charge in [0.2, 0.25) is 0 Å². The molecule has 0 bridgehead atoms. The number of hydrogen-bond donors (Lipinski definition) is 2. The van der Waals surface area contributed by atoms with Crippen molar-refractivity contribution < 1.29 is 5.11 Å². The van der Waals surface area contributed by atoms with E-state index in [1.54, 1.807) is 0 Å². The third-order valence-corrected chi connectivity index (χ3v) is 1.42. The summed E-state index contributed by atoms with van der Waals surface area (Å²) in [6.07, 6.45) is 1.73. The van der Waals surface area contributed by atoms with Gasteiger partial charge in [-0.05, 0) is 12.8 Å². The van der Waals surface area contributed by atoms with Crippen LogP contribution in [0.3, 0.4) is 0 Å². The van der Waals surface area contributed by atoms with Crippen LogP contribution >= 0.6 is 0 Å². The molecule has 7 heavy (non-hydrogen) atoms. The molecule has 1 aliphatic rings. The molecule has 3 N–H and O–H groups in total. The Morgan fingerprint density at radius 3 is 2.14 bits per heavy atom. The third kappa shape index (κ3) is 0.788. The van der Waals surface area contributed by atoms with E-state index in [2.05, 4.69) is 0 Å². The van der Waals surface area contributed by atoms with Crippen LogP contribution in [-0.2, 0) is 0 Å². The predicted octanol–water partition coefficient (Wildman–Crippen LogP) is -1.04. The van der Waals surface area contributed by atoms with Gasteiger partial charge >= 0.3 is 0 Å². The van der Waals surface area contributed by atoms with Crippen LogP contribution in [0.5, 0.6) is 0 Å². The van der Waals surface area contributed by atoms with E-state index in [1.165, 1.54) is 0 Å². The summed E-state index contributed by atoms with van der Waals surface area (Å²) in [6, 6.07) is -0.813. The highest BCUT2D eigenvalue weighted by Gasteiger charge is 2.41. The summed E-state index contributed by atoms with van der Waals surface area (Å²) in [5.74, 6) is 0. The lowest BCUT2D eigenvalue weighted by Gasteiger charge is -2.10. The van der Waals surface area contributed by atoms with Gasteiger partial charge in [0.05, 0.1) is 0 Å².